The van der Waals surface area contributed by atoms with Crippen LogP contribution in [0.5, 0.6) is 0 Å². The molecular formula is C12H15N3. The zero-order valence-electron chi connectivity index (χ0n) is 8.85. The molecule has 0 amide bonds. The summed E-state index contributed by atoms with van der Waals surface area (Å²) in [5, 5.41) is 4.15. The highest BCUT2D eigenvalue weighted by Gasteiger charge is 1.99. The van der Waals surface area contributed by atoms with Gasteiger partial charge in [0.05, 0.1) is 12.7 Å². The Labute approximate surface area is 89.5 Å². The monoisotopic (exact) mass is 201 g/mol. The standard InChI is InChI=1S/C12H15N3/c1-2-10-3-5-11(6-4-10)9-15-12(13)7-8-14-15/h3-8H,2,9,13H2,1H3. The minimum absolute atomic E-state index is 0.703. The fourth-order valence-corrected chi connectivity index (χ4v) is 1.53. The second kappa shape index (κ2) is 4.17. The van der Waals surface area contributed by atoms with Crippen LogP contribution in [0, 0.1) is 0 Å². The van der Waals surface area contributed by atoms with Crippen LogP contribution in [0.4, 0.5) is 5.82 Å². The van der Waals surface area contributed by atoms with Gasteiger partial charge in [-0.15, -0.1) is 0 Å². The van der Waals surface area contributed by atoms with Crippen LogP contribution in [0.2, 0.25) is 0 Å². The van der Waals surface area contributed by atoms with Crippen molar-refractivity contribution in [3.63, 3.8) is 0 Å². The summed E-state index contributed by atoms with van der Waals surface area (Å²) in [7, 11) is 0. The first-order valence-electron chi connectivity index (χ1n) is 5.14. The molecule has 78 valence electrons. The summed E-state index contributed by atoms with van der Waals surface area (Å²) < 4.78 is 1.79. The molecule has 0 saturated heterocycles. The van der Waals surface area contributed by atoms with Gasteiger partial charge in [-0.1, -0.05) is 31.2 Å². The van der Waals surface area contributed by atoms with E-state index in [0.29, 0.717) is 5.82 Å². The molecule has 3 nitrogen and oxygen atoms in total. The van der Waals surface area contributed by atoms with Gasteiger partial charge in [0.25, 0.3) is 0 Å². The van der Waals surface area contributed by atoms with Gasteiger partial charge in [0, 0.05) is 0 Å². The number of rotatable bonds is 3. The van der Waals surface area contributed by atoms with E-state index in [9.17, 15) is 0 Å². The third-order valence-electron chi connectivity index (χ3n) is 2.51. The summed E-state index contributed by atoms with van der Waals surface area (Å²) in [6.45, 7) is 2.89. The lowest BCUT2D eigenvalue weighted by molar-refractivity contribution is 0.697. The molecule has 1 aromatic heterocycles. The van der Waals surface area contributed by atoms with Crippen LogP contribution in [0.25, 0.3) is 0 Å². The molecule has 0 radical (unpaired) electrons. The number of nitrogen functional groups attached to an aromatic ring is 1. The van der Waals surface area contributed by atoms with E-state index in [1.165, 1.54) is 11.1 Å². The molecule has 0 aliphatic heterocycles. The van der Waals surface area contributed by atoms with Crippen molar-refractivity contribution in [3.8, 4) is 0 Å². The van der Waals surface area contributed by atoms with E-state index in [1.807, 2.05) is 0 Å². The van der Waals surface area contributed by atoms with Crippen molar-refractivity contribution >= 4 is 5.82 Å². The van der Waals surface area contributed by atoms with Gasteiger partial charge >= 0.3 is 0 Å². The van der Waals surface area contributed by atoms with Crippen LogP contribution in [0.1, 0.15) is 18.1 Å². The zero-order valence-corrected chi connectivity index (χ0v) is 8.85. The second-order valence-electron chi connectivity index (χ2n) is 3.58. The summed E-state index contributed by atoms with van der Waals surface area (Å²) >= 11 is 0. The first-order valence-corrected chi connectivity index (χ1v) is 5.14. The summed E-state index contributed by atoms with van der Waals surface area (Å²) in [6.07, 6.45) is 2.79. The van der Waals surface area contributed by atoms with Crippen molar-refractivity contribution in [2.24, 2.45) is 0 Å². The molecule has 2 rings (SSSR count). The lowest BCUT2D eigenvalue weighted by Crippen LogP contribution is -2.05. The Morgan fingerprint density at radius 2 is 1.80 bits per heavy atom. The largest absolute Gasteiger partial charge is 0.384 e. The van der Waals surface area contributed by atoms with E-state index >= 15 is 0 Å². The molecule has 0 aliphatic carbocycles. The van der Waals surface area contributed by atoms with Crippen LogP contribution in [0.15, 0.2) is 36.5 Å². The van der Waals surface area contributed by atoms with Crippen molar-refractivity contribution in [1.29, 1.82) is 0 Å². The van der Waals surface area contributed by atoms with Crippen molar-refractivity contribution < 1.29 is 0 Å². The predicted molar refractivity (Wildman–Crippen MR) is 61.6 cm³/mol. The van der Waals surface area contributed by atoms with Crippen molar-refractivity contribution in [3.05, 3.63) is 47.7 Å². The number of nitrogens with two attached hydrogens (primary N) is 1. The molecule has 3 heteroatoms. The van der Waals surface area contributed by atoms with Gasteiger partial charge in [-0.2, -0.15) is 5.10 Å². The normalized spacial score (nSPS) is 10.5. The first kappa shape index (κ1) is 9.77. The molecule has 0 unspecified atom stereocenters. The van der Waals surface area contributed by atoms with Crippen LogP contribution in [-0.2, 0) is 13.0 Å². The summed E-state index contributed by atoms with van der Waals surface area (Å²) in [5.41, 5.74) is 8.32. The third-order valence-corrected chi connectivity index (χ3v) is 2.51. The van der Waals surface area contributed by atoms with Gasteiger partial charge < -0.3 is 5.73 Å². The van der Waals surface area contributed by atoms with Crippen molar-refractivity contribution in [2.75, 3.05) is 5.73 Å². The number of hydrogen-bond donors (Lipinski definition) is 1. The number of anilines is 1. The highest BCUT2D eigenvalue weighted by molar-refractivity contribution is 5.29. The number of aromatic nitrogens is 2. The average Bonchev–Trinajstić information content (AvgIpc) is 2.66. The van der Waals surface area contributed by atoms with Crippen LogP contribution in [0.3, 0.4) is 0 Å². The van der Waals surface area contributed by atoms with Crippen LogP contribution in [-0.4, -0.2) is 9.78 Å². The number of benzene rings is 1. The zero-order chi connectivity index (χ0) is 10.7. The summed E-state index contributed by atoms with van der Waals surface area (Å²) in [5.74, 6) is 0.703. The van der Waals surface area contributed by atoms with E-state index in [4.69, 9.17) is 5.73 Å². The Balaban J connectivity index is 2.14. The maximum atomic E-state index is 5.74. The van der Waals surface area contributed by atoms with Crippen LogP contribution < -0.4 is 5.73 Å². The van der Waals surface area contributed by atoms with Gasteiger partial charge in [0.1, 0.15) is 5.82 Å². The van der Waals surface area contributed by atoms with E-state index in [1.54, 1.807) is 16.9 Å². The Bertz CT molecular complexity index is 428. The van der Waals surface area contributed by atoms with E-state index in [2.05, 4.69) is 36.3 Å². The van der Waals surface area contributed by atoms with E-state index in [0.717, 1.165) is 13.0 Å². The SMILES string of the molecule is CCc1ccc(Cn2nccc2N)cc1. The van der Waals surface area contributed by atoms with Crippen LogP contribution >= 0.6 is 0 Å². The fourth-order valence-electron chi connectivity index (χ4n) is 1.53. The van der Waals surface area contributed by atoms with Crippen molar-refractivity contribution in [1.82, 2.24) is 9.78 Å². The van der Waals surface area contributed by atoms with Gasteiger partial charge in [-0.25, -0.2) is 4.68 Å². The quantitative estimate of drug-likeness (QED) is 0.826. The molecule has 0 atom stereocenters. The van der Waals surface area contributed by atoms with Crippen molar-refractivity contribution in [2.45, 2.75) is 19.9 Å². The minimum atomic E-state index is 0.703. The van der Waals surface area contributed by atoms with E-state index < -0.39 is 0 Å². The Morgan fingerprint density at radius 1 is 1.13 bits per heavy atom. The Morgan fingerprint density at radius 3 is 2.33 bits per heavy atom. The van der Waals surface area contributed by atoms with E-state index in [-0.39, 0.29) is 0 Å². The molecule has 2 N–H and O–H groups in total. The van der Waals surface area contributed by atoms with Gasteiger partial charge in [0.2, 0.25) is 0 Å². The molecule has 0 spiro atoms. The molecule has 0 aliphatic rings. The minimum Gasteiger partial charge on any atom is -0.384 e. The topological polar surface area (TPSA) is 43.8 Å². The molecule has 1 aromatic carbocycles. The number of hydrogen-bond acceptors (Lipinski definition) is 2. The number of aryl methyl sites for hydroxylation is 1. The van der Waals surface area contributed by atoms with Gasteiger partial charge in [-0.3, -0.25) is 0 Å². The highest BCUT2D eigenvalue weighted by atomic mass is 15.3. The summed E-state index contributed by atoms with van der Waals surface area (Å²) in [6, 6.07) is 10.4. The molecule has 2 aromatic rings. The lowest BCUT2D eigenvalue weighted by atomic mass is 10.1. The highest BCUT2D eigenvalue weighted by Crippen LogP contribution is 2.08. The Kier molecular flexibility index (Phi) is 2.72. The van der Waals surface area contributed by atoms with Gasteiger partial charge in [-0.05, 0) is 23.6 Å². The number of nitrogens with zero attached hydrogens (tertiary/aromatic N) is 2. The molecular weight excluding hydrogens is 186 g/mol. The smallest absolute Gasteiger partial charge is 0.122 e. The maximum absolute atomic E-state index is 5.74. The average molecular weight is 201 g/mol. The lowest BCUT2D eigenvalue weighted by Gasteiger charge is -2.05. The fraction of sp³-hybridized carbons (Fsp3) is 0.250. The maximum Gasteiger partial charge on any atom is 0.122 e. The molecule has 15 heavy (non-hydrogen) atoms. The first-order chi connectivity index (χ1) is 7.29. The molecule has 1 heterocycles. The third kappa shape index (κ3) is 2.18. The second-order valence-corrected chi connectivity index (χ2v) is 3.58. The van der Waals surface area contributed by atoms with Gasteiger partial charge in [0.15, 0.2) is 0 Å². The summed E-state index contributed by atoms with van der Waals surface area (Å²) in [4.78, 5) is 0. The predicted octanol–water partition coefficient (Wildman–Crippen LogP) is 2.08. The molecule has 0 saturated carbocycles. The molecule has 0 bridgehead atoms. The Hall–Kier alpha value is -1.77. The molecule has 0 fully saturated rings.